The molecule has 0 aliphatic heterocycles. The van der Waals surface area contributed by atoms with Crippen molar-refractivity contribution in [1.29, 1.82) is 0 Å². The largest absolute Gasteiger partial charge is 0.573 e. The van der Waals surface area contributed by atoms with Crippen LogP contribution in [0.1, 0.15) is 46.5 Å². The van der Waals surface area contributed by atoms with Crippen LogP contribution in [0, 0.1) is 5.92 Å². The maximum Gasteiger partial charge on any atom is 0.573 e. The van der Waals surface area contributed by atoms with Gasteiger partial charge in [0.1, 0.15) is 5.75 Å². The van der Waals surface area contributed by atoms with E-state index >= 15 is 0 Å². The number of anilines is 1. The maximum absolute atomic E-state index is 12.4. The lowest BCUT2D eigenvalue weighted by atomic mass is 9.86. The molecule has 1 aromatic carbocycles. The minimum atomic E-state index is -4.77. The lowest BCUT2D eigenvalue weighted by molar-refractivity contribution is -0.274. The molecular weight excluding hydrogens is 397 g/mol. The van der Waals surface area contributed by atoms with Gasteiger partial charge in [-0.3, -0.25) is 4.79 Å². The highest BCUT2D eigenvalue weighted by Crippen LogP contribution is 2.28. The number of hydrogen-bond acceptors (Lipinski definition) is 4. The Bertz CT molecular complexity index is 779. The van der Waals surface area contributed by atoms with Crippen LogP contribution in [0.2, 0.25) is 0 Å². The summed E-state index contributed by atoms with van der Waals surface area (Å²) in [4.78, 5) is 12.4. The molecule has 6 nitrogen and oxygen atoms in total. The molecule has 1 aliphatic rings. The van der Waals surface area contributed by atoms with Crippen molar-refractivity contribution in [3.8, 4) is 5.75 Å². The molecule has 0 heterocycles. The van der Waals surface area contributed by atoms with Gasteiger partial charge in [-0.25, -0.2) is 13.1 Å². The molecule has 28 heavy (non-hydrogen) atoms. The molecular formula is C18H25F3N2O4S. The molecule has 1 aliphatic carbocycles. The fraction of sp³-hybridized carbons (Fsp3) is 0.611. The lowest BCUT2D eigenvalue weighted by Gasteiger charge is -2.30. The average molecular weight is 422 g/mol. The molecule has 2 N–H and O–H groups in total. The van der Waals surface area contributed by atoms with Crippen molar-refractivity contribution < 1.29 is 31.1 Å². The van der Waals surface area contributed by atoms with Crippen molar-refractivity contribution in [2.24, 2.45) is 5.92 Å². The summed E-state index contributed by atoms with van der Waals surface area (Å²) in [6.45, 7) is 4.87. The Balaban J connectivity index is 1.85. The summed E-state index contributed by atoms with van der Waals surface area (Å²) in [6.07, 6.45) is -2.62. The third kappa shape index (κ3) is 6.37. The second kappa shape index (κ2) is 8.28. The lowest BCUT2D eigenvalue weighted by Crippen LogP contribution is -2.46. The van der Waals surface area contributed by atoms with Gasteiger partial charge in [-0.05, 0) is 70.7 Å². The first-order valence-electron chi connectivity index (χ1n) is 8.95. The summed E-state index contributed by atoms with van der Waals surface area (Å²) in [6, 6.07) is 4.72. The van der Waals surface area contributed by atoms with Crippen molar-refractivity contribution in [3.63, 3.8) is 0 Å². The van der Waals surface area contributed by atoms with Crippen molar-refractivity contribution in [2.45, 2.75) is 63.6 Å². The molecule has 0 aromatic heterocycles. The zero-order chi connectivity index (χ0) is 21.2. The number of rotatable bonds is 5. The van der Waals surface area contributed by atoms with Crippen LogP contribution in [-0.4, -0.2) is 31.5 Å². The standard InChI is InChI=1S/C18H25F3N2O4S/c1-17(2,3)28(25,26)23-14-6-4-12(5-7-14)16(24)22-13-8-10-15(11-9-13)27-18(19,20)21/h8-12,14,23H,4-7H2,1-3H3,(H,22,24)/t12-,14-. The van der Waals surface area contributed by atoms with Crippen LogP contribution >= 0.6 is 0 Å². The van der Waals surface area contributed by atoms with Gasteiger partial charge in [0.25, 0.3) is 0 Å². The van der Waals surface area contributed by atoms with E-state index in [-0.39, 0.29) is 23.6 Å². The van der Waals surface area contributed by atoms with Gasteiger partial charge in [0.05, 0.1) is 4.75 Å². The van der Waals surface area contributed by atoms with E-state index in [1.165, 1.54) is 12.1 Å². The molecule has 10 heteroatoms. The van der Waals surface area contributed by atoms with E-state index in [9.17, 15) is 26.4 Å². The summed E-state index contributed by atoms with van der Waals surface area (Å²) < 4.78 is 66.5. The first-order valence-corrected chi connectivity index (χ1v) is 10.4. The number of alkyl halides is 3. The first-order chi connectivity index (χ1) is 12.8. The molecule has 158 valence electrons. The molecule has 0 atom stereocenters. The first kappa shape index (κ1) is 22.5. The van der Waals surface area contributed by atoms with E-state index in [0.717, 1.165) is 12.1 Å². The van der Waals surface area contributed by atoms with Crippen LogP contribution in [0.5, 0.6) is 5.75 Å². The van der Waals surface area contributed by atoms with E-state index in [1.54, 1.807) is 20.8 Å². The zero-order valence-electron chi connectivity index (χ0n) is 16.0. The third-order valence-corrected chi connectivity index (χ3v) is 6.84. The minimum Gasteiger partial charge on any atom is -0.406 e. The summed E-state index contributed by atoms with van der Waals surface area (Å²) in [7, 11) is -3.44. The Labute approximate surface area is 162 Å². The molecule has 1 saturated carbocycles. The van der Waals surface area contributed by atoms with Gasteiger partial charge in [-0.15, -0.1) is 13.2 Å². The molecule has 1 amide bonds. The van der Waals surface area contributed by atoms with Crippen LogP contribution < -0.4 is 14.8 Å². The maximum atomic E-state index is 12.4. The van der Waals surface area contributed by atoms with Crippen LogP contribution in [0.25, 0.3) is 0 Å². The predicted molar refractivity (Wildman–Crippen MR) is 99.3 cm³/mol. The zero-order valence-corrected chi connectivity index (χ0v) is 16.8. The fourth-order valence-electron chi connectivity index (χ4n) is 2.85. The third-order valence-electron chi connectivity index (χ3n) is 4.58. The molecule has 1 fully saturated rings. The minimum absolute atomic E-state index is 0.202. The molecule has 0 bridgehead atoms. The van der Waals surface area contributed by atoms with E-state index < -0.39 is 21.1 Å². The highest BCUT2D eigenvalue weighted by atomic mass is 32.2. The van der Waals surface area contributed by atoms with E-state index in [4.69, 9.17) is 0 Å². The van der Waals surface area contributed by atoms with Gasteiger partial charge < -0.3 is 10.1 Å². The topological polar surface area (TPSA) is 84.5 Å². The van der Waals surface area contributed by atoms with Gasteiger partial charge in [0.2, 0.25) is 15.9 Å². The van der Waals surface area contributed by atoms with Gasteiger partial charge in [-0.2, -0.15) is 0 Å². The van der Waals surface area contributed by atoms with Crippen molar-refractivity contribution >= 4 is 21.6 Å². The number of carbonyl (C=O) groups is 1. The number of hydrogen-bond donors (Lipinski definition) is 2. The molecule has 0 radical (unpaired) electrons. The highest BCUT2D eigenvalue weighted by Gasteiger charge is 2.34. The Morgan fingerprint density at radius 3 is 2.04 bits per heavy atom. The monoisotopic (exact) mass is 422 g/mol. The number of halogens is 3. The number of ether oxygens (including phenoxy) is 1. The Hall–Kier alpha value is -1.81. The Kier molecular flexibility index (Phi) is 6.65. The molecule has 0 spiro atoms. The van der Waals surface area contributed by atoms with E-state index in [0.29, 0.717) is 31.4 Å². The van der Waals surface area contributed by atoms with Gasteiger partial charge in [0, 0.05) is 17.6 Å². The summed E-state index contributed by atoms with van der Waals surface area (Å²) in [5.41, 5.74) is 0.370. The smallest absolute Gasteiger partial charge is 0.406 e. The van der Waals surface area contributed by atoms with Crippen molar-refractivity contribution in [1.82, 2.24) is 4.72 Å². The molecule has 0 unspecified atom stereocenters. The van der Waals surface area contributed by atoms with Crippen LogP contribution in [0.3, 0.4) is 0 Å². The second-order valence-electron chi connectivity index (χ2n) is 7.84. The number of benzene rings is 1. The van der Waals surface area contributed by atoms with Crippen LogP contribution in [0.15, 0.2) is 24.3 Å². The summed E-state index contributed by atoms with van der Waals surface area (Å²) >= 11 is 0. The average Bonchev–Trinajstić information content (AvgIpc) is 2.54. The molecule has 0 saturated heterocycles. The van der Waals surface area contributed by atoms with Crippen LogP contribution in [0.4, 0.5) is 18.9 Å². The van der Waals surface area contributed by atoms with Gasteiger partial charge >= 0.3 is 6.36 Å². The van der Waals surface area contributed by atoms with E-state index in [1.807, 2.05) is 0 Å². The molecule has 1 aromatic rings. The van der Waals surface area contributed by atoms with Gasteiger partial charge in [-0.1, -0.05) is 0 Å². The number of amides is 1. The Morgan fingerprint density at radius 1 is 1.04 bits per heavy atom. The fourth-order valence-corrected chi connectivity index (χ4v) is 3.88. The highest BCUT2D eigenvalue weighted by molar-refractivity contribution is 7.90. The number of nitrogens with one attached hydrogen (secondary N) is 2. The molecule has 2 rings (SSSR count). The van der Waals surface area contributed by atoms with Crippen LogP contribution in [-0.2, 0) is 14.8 Å². The SMILES string of the molecule is CC(C)(C)S(=O)(=O)N[C@H]1CC[C@H](C(=O)Nc2ccc(OC(F)(F)F)cc2)CC1. The number of carbonyl (C=O) groups excluding carboxylic acids is 1. The quantitative estimate of drug-likeness (QED) is 0.756. The summed E-state index contributed by atoms with van der Waals surface area (Å²) in [5.74, 6) is -0.875. The van der Waals surface area contributed by atoms with E-state index in [2.05, 4.69) is 14.8 Å². The number of sulfonamides is 1. The normalized spacial score (nSPS) is 21.2. The second-order valence-corrected chi connectivity index (χ2v) is 10.3. The van der Waals surface area contributed by atoms with Gasteiger partial charge in [0.15, 0.2) is 0 Å². The summed E-state index contributed by atoms with van der Waals surface area (Å²) in [5, 5.41) is 2.67. The van der Waals surface area contributed by atoms with Crippen molar-refractivity contribution in [3.05, 3.63) is 24.3 Å². The Morgan fingerprint density at radius 2 is 1.57 bits per heavy atom. The van der Waals surface area contributed by atoms with Crippen molar-refractivity contribution in [2.75, 3.05) is 5.32 Å². The predicted octanol–water partition coefficient (Wildman–Crippen LogP) is 3.80.